The molecule has 3 N–H and O–H groups in total. The highest BCUT2D eigenvalue weighted by Crippen LogP contribution is 2.33. The predicted molar refractivity (Wildman–Crippen MR) is 123 cm³/mol. The first-order valence-electron chi connectivity index (χ1n) is 10.3. The zero-order valence-corrected chi connectivity index (χ0v) is 19.6. The molecule has 3 rings (SSSR count). The zero-order valence-electron chi connectivity index (χ0n) is 18.0. The Bertz CT molecular complexity index is 1070. The van der Waals surface area contributed by atoms with E-state index in [4.69, 9.17) is 16.3 Å². The molecular weight excluding hydrogens is 516 g/mol. The van der Waals surface area contributed by atoms with E-state index in [1.165, 1.54) is 29.2 Å². The number of halogens is 5. The monoisotopic (exact) mass is 536 g/mol. The number of rotatable bonds is 10. The van der Waals surface area contributed by atoms with Gasteiger partial charge in [0.05, 0.1) is 28.1 Å². The number of hydrogen-bond donors (Lipinski definition) is 3. The normalized spacial score (nSPS) is 14.9. The standard InChI is InChI=1S/C21H21ClF4N4O4S/c22-16-4-3-15(35-16)21(33)28-8-13(27-9-17(23)24)20(32)29-11-1-2-14(12(7-11)19(25)26)30-5-6-34-10-18(30)31/h1-4,7,13,17,19,27H,5-6,8-10H2,(H,28,33)(H,29,32)/t13-/m1/s1. The van der Waals surface area contributed by atoms with Crippen LogP contribution >= 0.6 is 22.9 Å². The number of nitrogens with one attached hydrogen (secondary N) is 3. The molecule has 14 heteroatoms. The summed E-state index contributed by atoms with van der Waals surface area (Å²) < 4.78 is 58.3. The molecule has 190 valence electrons. The van der Waals surface area contributed by atoms with Crippen LogP contribution in [0, 0.1) is 0 Å². The van der Waals surface area contributed by atoms with Gasteiger partial charge in [0.15, 0.2) is 0 Å². The lowest BCUT2D eigenvalue weighted by molar-refractivity contribution is -0.125. The number of nitrogens with zero attached hydrogens (tertiary/aromatic N) is 1. The van der Waals surface area contributed by atoms with Crippen molar-refractivity contribution in [3.8, 4) is 0 Å². The molecule has 0 bridgehead atoms. The molecule has 0 saturated carbocycles. The summed E-state index contributed by atoms with van der Waals surface area (Å²) in [6.45, 7) is -1.14. The minimum atomic E-state index is -2.96. The third-order valence-corrected chi connectivity index (χ3v) is 6.14. The predicted octanol–water partition coefficient (Wildman–Crippen LogP) is 3.29. The van der Waals surface area contributed by atoms with Crippen molar-refractivity contribution in [1.29, 1.82) is 0 Å². The Balaban J connectivity index is 1.73. The first-order chi connectivity index (χ1) is 16.7. The van der Waals surface area contributed by atoms with Crippen LogP contribution in [-0.2, 0) is 14.3 Å². The molecule has 0 spiro atoms. The second-order valence-corrected chi connectivity index (χ2v) is 9.04. The van der Waals surface area contributed by atoms with Crippen molar-refractivity contribution in [2.24, 2.45) is 0 Å². The number of carbonyl (C=O) groups is 3. The van der Waals surface area contributed by atoms with Gasteiger partial charge < -0.3 is 20.3 Å². The molecule has 1 atom stereocenters. The van der Waals surface area contributed by atoms with Gasteiger partial charge in [-0.1, -0.05) is 11.6 Å². The Morgan fingerprint density at radius 3 is 2.54 bits per heavy atom. The number of ether oxygens (including phenoxy) is 1. The van der Waals surface area contributed by atoms with E-state index in [9.17, 15) is 31.9 Å². The van der Waals surface area contributed by atoms with Gasteiger partial charge in [0.2, 0.25) is 5.91 Å². The third kappa shape index (κ3) is 7.37. The number of anilines is 2. The van der Waals surface area contributed by atoms with Crippen molar-refractivity contribution in [1.82, 2.24) is 10.6 Å². The summed E-state index contributed by atoms with van der Waals surface area (Å²) >= 11 is 6.79. The van der Waals surface area contributed by atoms with Crippen molar-refractivity contribution >= 4 is 52.0 Å². The molecule has 0 aliphatic carbocycles. The molecule has 2 aromatic rings. The molecule has 0 radical (unpaired) electrons. The SMILES string of the molecule is O=C(NC[C@@H](NCC(F)F)C(=O)Nc1ccc(N2CCOCC2=O)c(C(F)F)c1)c1ccc(Cl)s1. The van der Waals surface area contributed by atoms with Gasteiger partial charge in [-0.3, -0.25) is 19.7 Å². The Hall–Kier alpha value is -2.74. The van der Waals surface area contributed by atoms with Crippen molar-refractivity contribution < 1.29 is 36.7 Å². The van der Waals surface area contributed by atoms with Crippen LogP contribution in [0.25, 0.3) is 0 Å². The molecule has 1 aliphatic rings. The van der Waals surface area contributed by atoms with Crippen LogP contribution in [0.1, 0.15) is 21.7 Å². The lowest BCUT2D eigenvalue weighted by Crippen LogP contribution is -2.49. The first-order valence-corrected chi connectivity index (χ1v) is 11.5. The quantitative estimate of drug-likeness (QED) is 0.405. The summed E-state index contributed by atoms with van der Waals surface area (Å²) in [6.07, 6.45) is -5.73. The topological polar surface area (TPSA) is 99.8 Å². The maximum Gasteiger partial charge on any atom is 0.265 e. The van der Waals surface area contributed by atoms with Crippen LogP contribution in [0.15, 0.2) is 30.3 Å². The minimum Gasteiger partial charge on any atom is -0.370 e. The number of thiophene rings is 1. The van der Waals surface area contributed by atoms with Crippen molar-refractivity contribution in [2.45, 2.75) is 18.9 Å². The number of hydrogen-bond acceptors (Lipinski definition) is 6. The van der Waals surface area contributed by atoms with E-state index in [2.05, 4.69) is 16.0 Å². The van der Waals surface area contributed by atoms with Crippen LogP contribution in [-0.4, -0.2) is 63.0 Å². The second-order valence-electron chi connectivity index (χ2n) is 7.33. The smallest absolute Gasteiger partial charge is 0.265 e. The van der Waals surface area contributed by atoms with Crippen molar-refractivity contribution in [2.75, 3.05) is 43.1 Å². The maximum atomic E-state index is 13.7. The van der Waals surface area contributed by atoms with Gasteiger partial charge in [-0.05, 0) is 30.3 Å². The minimum absolute atomic E-state index is 0.0134. The van der Waals surface area contributed by atoms with Gasteiger partial charge in [0.25, 0.3) is 24.7 Å². The van der Waals surface area contributed by atoms with Crippen LogP contribution in [0.3, 0.4) is 0 Å². The molecule has 0 unspecified atom stereocenters. The summed E-state index contributed by atoms with van der Waals surface area (Å²) in [5.74, 6) is -1.86. The van der Waals surface area contributed by atoms with E-state index in [0.717, 1.165) is 17.4 Å². The number of morpholine rings is 1. The van der Waals surface area contributed by atoms with Crippen LogP contribution in [0.4, 0.5) is 28.9 Å². The number of benzene rings is 1. The molecule has 1 aliphatic heterocycles. The second kappa shape index (κ2) is 12.3. The van der Waals surface area contributed by atoms with Crippen LogP contribution in [0.2, 0.25) is 4.34 Å². The average Bonchev–Trinajstić information content (AvgIpc) is 3.25. The highest BCUT2D eigenvalue weighted by molar-refractivity contribution is 7.18. The first kappa shape index (κ1) is 26.9. The fourth-order valence-electron chi connectivity index (χ4n) is 3.26. The summed E-state index contributed by atoms with van der Waals surface area (Å²) in [5.41, 5.74) is -0.534. The Morgan fingerprint density at radius 2 is 1.91 bits per heavy atom. The van der Waals surface area contributed by atoms with Crippen molar-refractivity contribution in [3.05, 3.63) is 45.1 Å². The lowest BCUT2D eigenvalue weighted by Gasteiger charge is -2.29. The Labute approximate surface area is 206 Å². The molecular formula is C21H21ClF4N4O4S. The maximum absolute atomic E-state index is 13.7. The summed E-state index contributed by atoms with van der Waals surface area (Å²) in [7, 11) is 0. The third-order valence-electron chi connectivity index (χ3n) is 4.91. The summed E-state index contributed by atoms with van der Waals surface area (Å²) in [5, 5.41) is 7.19. The highest BCUT2D eigenvalue weighted by atomic mass is 35.5. The van der Waals surface area contributed by atoms with Crippen molar-refractivity contribution in [3.63, 3.8) is 0 Å². The van der Waals surface area contributed by atoms with Gasteiger partial charge in [-0.2, -0.15) is 0 Å². The highest BCUT2D eigenvalue weighted by Gasteiger charge is 2.27. The van der Waals surface area contributed by atoms with Gasteiger partial charge in [0.1, 0.15) is 12.6 Å². The van der Waals surface area contributed by atoms with E-state index >= 15 is 0 Å². The lowest BCUT2D eigenvalue weighted by atomic mass is 10.1. The molecule has 3 amide bonds. The van der Waals surface area contributed by atoms with Crippen LogP contribution in [0.5, 0.6) is 0 Å². The number of amides is 3. The summed E-state index contributed by atoms with van der Waals surface area (Å²) in [6, 6.07) is 5.28. The van der Waals surface area contributed by atoms with E-state index in [1.807, 2.05) is 0 Å². The van der Waals surface area contributed by atoms with Gasteiger partial charge in [-0.25, -0.2) is 17.6 Å². The fourth-order valence-corrected chi connectivity index (χ4v) is 4.22. The number of carbonyl (C=O) groups excluding carboxylic acids is 3. The van der Waals surface area contributed by atoms with Gasteiger partial charge in [0, 0.05) is 24.3 Å². The number of alkyl halides is 4. The van der Waals surface area contributed by atoms with Gasteiger partial charge in [-0.15, -0.1) is 11.3 Å². The fraction of sp³-hybridized carbons (Fsp3) is 0.381. The largest absolute Gasteiger partial charge is 0.370 e. The Kier molecular flexibility index (Phi) is 9.43. The van der Waals surface area contributed by atoms with E-state index in [1.54, 1.807) is 0 Å². The average molecular weight is 537 g/mol. The molecule has 1 saturated heterocycles. The van der Waals surface area contributed by atoms with Crippen LogP contribution < -0.4 is 20.9 Å². The van der Waals surface area contributed by atoms with E-state index < -0.39 is 48.7 Å². The van der Waals surface area contributed by atoms with E-state index in [0.29, 0.717) is 4.34 Å². The zero-order chi connectivity index (χ0) is 25.5. The molecule has 1 aromatic carbocycles. The van der Waals surface area contributed by atoms with E-state index in [-0.39, 0.29) is 42.6 Å². The molecule has 8 nitrogen and oxygen atoms in total. The summed E-state index contributed by atoms with van der Waals surface area (Å²) in [4.78, 5) is 38.5. The van der Waals surface area contributed by atoms with Gasteiger partial charge >= 0.3 is 0 Å². The molecule has 35 heavy (non-hydrogen) atoms. The molecule has 1 fully saturated rings. The molecule has 2 heterocycles. The molecule has 1 aromatic heterocycles. The Morgan fingerprint density at radius 1 is 1.14 bits per heavy atom.